The number of hydrogen-bond donors (Lipinski definition) is 1. The Morgan fingerprint density at radius 3 is 2.82 bits per heavy atom. The summed E-state index contributed by atoms with van der Waals surface area (Å²) in [5.74, 6) is 0. The fourth-order valence-electron chi connectivity index (χ4n) is 2.63. The average Bonchev–Trinajstić information content (AvgIpc) is 2.21. The van der Waals surface area contributed by atoms with E-state index in [0.717, 1.165) is 18.8 Å². The Balaban J connectivity index is 2.05. The van der Waals surface area contributed by atoms with Crippen molar-refractivity contribution in [3.63, 3.8) is 0 Å². The van der Waals surface area contributed by atoms with E-state index in [9.17, 15) is 0 Å². The lowest BCUT2D eigenvalue weighted by Gasteiger charge is -2.38. The van der Waals surface area contributed by atoms with E-state index in [1.807, 2.05) is 18.2 Å². The van der Waals surface area contributed by atoms with Crippen LogP contribution in [0.25, 0.3) is 0 Å². The molecule has 1 aliphatic heterocycles. The standard InChI is InChI=1S/C14H21ClN2/c1-14(2)6-3-7-17(10-14)9-11-4-5-12(15)8-13(11)16/h4-5,8H,3,6-7,9-10,16H2,1-2H3. The van der Waals surface area contributed by atoms with Crippen LogP contribution in [-0.4, -0.2) is 18.0 Å². The van der Waals surface area contributed by atoms with Crippen molar-refractivity contribution in [2.75, 3.05) is 18.8 Å². The van der Waals surface area contributed by atoms with Gasteiger partial charge < -0.3 is 5.73 Å². The summed E-state index contributed by atoms with van der Waals surface area (Å²) in [6.45, 7) is 7.93. The van der Waals surface area contributed by atoms with Gasteiger partial charge in [-0.1, -0.05) is 31.5 Å². The van der Waals surface area contributed by atoms with Gasteiger partial charge in [-0.05, 0) is 42.5 Å². The van der Waals surface area contributed by atoms with Gasteiger partial charge in [0.15, 0.2) is 0 Å². The zero-order valence-electron chi connectivity index (χ0n) is 10.7. The second-order valence-corrected chi connectivity index (χ2v) is 6.26. The molecular weight excluding hydrogens is 232 g/mol. The number of anilines is 1. The molecule has 0 amide bonds. The highest BCUT2D eigenvalue weighted by atomic mass is 35.5. The van der Waals surface area contributed by atoms with E-state index in [4.69, 9.17) is 17.3 Å². The second kappa shape index (κ2) is 4.87. The van der Waals surface area contributed by atoms with Crippen LogP contribution in [-0.2, 0) is 6.54 Å². The van der Waals surface area contributed by atoms with Crippen LogP contribution in [0.4, 0.5) is 5.69 Å². The number of piperidine rings is 1. The number of halogens is 1. The van der Waals surface area contributed by atoms with Crippen LogP contribution in [0.1, 0.15) is 32.3 Å². The van der Waals surface area contributed by atoms with Gasteiger partial charge in [0, 0.05) is 23.8 Å². The summed E-state index contributed by atoms with van der Waals surface area (Å²) in [5, 5.41) is 0.713. The summed E-state index contributed by atoms with van der Waals surface area (Å²) in [7, 11) is 0. The molecule has 94 valence electrons. The summed E-state index contributed by atoms with van der Waals surface area (Å²) in [4.78, 5) is 2.49. The molecule has 17 heavy (non-hydrogen) atoms. The molecular formula is C14H21ClN2. The minimum Gasteiger partial charge on any atom is -0.398 e. The van der Waals surface area contributed by atoms with Gasteiger partial charge in [-0.2, -0.15) is 0 Å². The van der Waals surface area contributed by atoms with Crippen LogP contribution in [0.2, 0.25) is 5.02 Å². The fourth-order valence-corrected chi connectivity index (χ4v) is 2.81. The van der Waals surface area contributed by atoms with E-state index < -0.39 is 0 Å². The van der Waals surface area contributed by atoms with Gasteiger partial charge in [0.2, 0.25) is 0 Å². The van der Waals surface area contributed by atoms with Gasteiger partial charge in [-0.3, -0.25) is 4.90 Å². The number of rotatable bonds is 2. The number of likely N-dealkylation sites (tertiary alicyclic amines) is 1. The molecule has 2 nitrogen and oxygen atoms in total. The van der Waals surface area contributed by atoms with Crippen molar-refractivity contribution in [1.29, 1.82) is 0 Å². The maximum atomic E-state index is 6.00. The van der Waals surface area contributed by atoms with Crippen molar-refractivity contribution >= 4 is 17.3 Å². The summed E-state index contributed by atoms with van der Waals surface area (Å²) >= 11 is 5.91. The smallest absolute Gasteiger partial charge is 0.0426 e. The van der Waals surface area contributed by atoms with Gasteiger partial charge in [-0.15, -0.1) is 0 Å². The summed E-state index contributed by atoms with van der Waals surface area (Å²) in [6, 6.07) is 5.80. The maximum Gasteiger partial charge on any atom is 0.0426 e. The number of nitrogens with two attached hydrogens (primary N) is 1. The summed E-state index contributed by atoms with van der Waals surface area (Å²) in [5.41, 5.74) is 8.42. The Morgan fingerprint density at radius 1 is 1.41 bits per heavy atom. The Kier molecular flexibility index (Phi) is 3.64. The number of nitrogen functional groups attached to an aromatic ring is 1. The molecule has 0 spiro atoms. The first kappa shape index (κ1) is 12.7. The Hall–Kier alpha value is -0.730. The van der Waals surface area contributed by atoms with Crippen LogP contribution < -0.4 is 5.73 Å². The Bertz CT molecular complexity index is 401. The molecule has 1 heterocycles. The van der Waals surface area contributed by atoms with Crippen LogP contribution in [0.3, 0.4) is 0 Å². The lowest BCUT2D eigenvalue weighted by molar-refractivity contribution is 0.112. The first-order valence-electron chi connectivity index (χ1n) is 6.23. The first-order valence-corrected chi connectivity index (χ1v) is 6.60. The van der Waals surface area contributed by atoms with Crippen LogP contribution in [0.15, 0.2) is 18.2 Å². The quantitative estimate of drug-likeness (QED) is 0.816. The molecule has 0 radical (unpaired) electrons. The van der Waals surface area contributed by atoms with E-state index >= 15 is 0 Å². The average molecular weight is 253 g/mol. The SMILES string of the molecule is CC1(C)CCCN(Cc2ccc(Cl)cc2N)C1. The highest BCUT2D eigenvalue weighted by Crippen LogP contribution is 2.30. The number of benzene rings is 1. The molecule has 0 atom stereocenters. The van der Waals surface area contributed by atoms with Crippen LogP contribution >= 0.6 is 11.6 Å². The highest BCUT2D eigenvalue weighted by molar-refractivity contribution is 6.30. The molecule has 0 unspecified atom stereocenters. The lowest BCUT2D eigenvalue weighted by Crippen LogP contribution is -2.39. The largest absolute Gasteiger partial charge is 0.398 e. The van der Waals surface area contributed by atoms with Crippen molar-refractivity contribution < 1.29 is 0 Å². The van der Waals surface area contributed by atoms with E-state index in [0.29, 0.717) is 10.4 Å². The van der Waals surface area contributed by atoms with E-state index in [2.05, 4.69) is 18.7 Å². The molecule has 2 rings (SSSR count). The van der Waals surface area contributed by atoms with Crippen LogP contribution in [0, 0.1) is 5.41 Å². The highest BCUT2D eigenvalue weighted by Gasteiger charge is 2.26. The molecule has 0 saturated carbocycles. The number of hydrogen-bond acceptors (Lipinski definition) is 2. The normalized spacial score (nSPS) is 20.4. The third-order valence-electron chi connectivity index (χ3n) is 3.48. The molecule has 1 fully saturated rings. The molecule has 3 heteroatoms. The van der Waals surface area contributed by atoms with Gasteiger partial charge >= 0.3 is 0 Å². The Morgan fingerprint density at radius 2 is 2.18 bits per heavy atom. The van der Waals surface area contributed by atoms with Crippen LogP contribution in [0.5, 0.6) is 0 Å². The second-order valence-electron chi connectivity index (χ2n) is 5.82. The first-order chi connectivity index (χ1) is 7.96. The van der Waals surface area contributed by atoms with Crippen molar-refractivity contribution in [2.45, 2.75) is 33.2 Å². The molecule has 1 aliphatic rings. The minimum atomic E-state index is 0.430. The Labute approximate surface area is 109 Å². The third kappa shape index (κ3) is 3.36. The molecule has 1 aromatic carbocycles. The zero-order valence-corrected chi connectivity index (χ0v) is 11.4. The predicted molar refractivity (Wildman–Crippen MR) is 74.2 cm³/mol. The minimum absolute atomic E-state index is 0.430. The van der Waals surface area contributed by atoms with Crippen molar-refractivity contribution in [3.8, 4) is 0 Å². The van der Waals surface area contributed by atoms with Gasteiger partial charge in [-0.25, -0.2) is 0 Å². The zero-order chi connectivity index (χ0) is 12.5. The van der Waals surface area contributed by atoms with Gasteiger partial charge in [0.25, 0.3) is 0 Å². The molecule has 1 aromatic rings. The number of nitrogens with zero attached hydrogens (tertiary/aromatic N) is 1. The van der Waals surface area contributed by atoms with Gasteiger partial charge in [0.1, 0.15) is 0 Å². The van der Waals surface area contributed by atoms with Crippen molar-refractivity contribution in [1.82, 2.24) is 4.90 Å². The topological polar surface area (TPSA) is 29.3 Å². The van der Waals surface area contributed by atoms with Gasteiger partial charge in [0.05, 0.1) is 0 Å². The maximum absolute atomic E-state index is 6.00. The monoisotopic (exact) mass is 252 g/mol. The fraction of sp³-hybridized carbons (Fsp3) is 0.571. The molecule has 0 bridgehead atoms. The van der Waals surface area contributed by atoms with E-state index in [-0.39, 0.29) is 0 Å². The van der Waals surface area contributed by atoms with E-state index in [1.54, 1.807) is 0 Å². The molecule has 1 saturated heterocycles. The molecule has 0 aliphatic carbocycles. The molecule has 0 aromatic heterocycles. The summed E-state index contributed by atoms with van der Waals surface area (Å²) in [6.07, 6.45) is 2.60. The summed E-state index contributed by atoms with van der Waals surface area (Å²) < 4.78 is 0. The third-order valence-corrected chi connectivity index (χ3v) is 3.72. The predicted octanol–water partition coefficient (Wildman–Crippen LogP) is 3.54. The van der Waals surface area contributed by atoms with Crippen molar-refractivity contribution in [3.05, 3.63) is 28.8 Å². The lowest BCUT2D eigenvalue weighted by atomic mass is 9.84. The van der Waals surface area contributed by atoms with E-state index in [1.165, 1.54) is 24.9 Å². The molecule has 2 N–H and O–H groups in total. The van der Waals surface area contributed by atoms with Crippen molar-refractivity contribution in [2.24, 2.45) is 5.41 Å².